The number of benzene rings is 1. The first-order chi connectivity index (χ1) is 23.3. The minimum Gasteiger partial charge on any atom is -0.469 e. The molecule has 1 heterocycles. The van der Waals surface area contributed by atoms with Crippen LogP contribution in [0.1, 0.15) is 131 Å². The molecule has 1 aromatic carbocycles. The molecule has 2 aromatic rings. The molecule has 5 nitrogen and oxygen atoms in total. The molecule has 1 aliphatic carbocycles. The standard InChI is InChI=1S/C42H76O5SSi3/c1-40(2,3)49(11,12)45-34(38-29-31-23-21-22-25-37(31)48-38)28-27-33-32(24-19-17-18-20-26-39(43)44-10)35(46-50(13,14)41(4,5)6)30-36(33)47-51(15,16)42(7,8)9/h21-23,25,29,32-36H,17-20,24,26-28,30H2,1-16H3/t32-,33-,34-,35+,36-/m1/s1. The Morgan fingerprint density at radius 1 is 0.745 bits per heavy atom. The summed E-state index contributed by atoms with van der Waals surface area (Å²) in [7, 11) is -4.64. The maximum absolute atomic E-state index is 11.7. The smallest absolute Gasteiger partial charge is 0.305 e. The second-order valence-corrected chi connectivity index (χ2v) is 35.4. The molecule has 0 aliphatic heterocycles. The van der Waals surface area contributed by atoms with E-state index in [9.17, 15) is 4.79 Å². The van der Waals surface area contributed by atoms with Crippen LogP contribution < -0.4 is 0 Å². The molecule has 292 valence electrons. The van der Waals surface area contributed by atoms with Crippen molar-refractivity contribution in [1.29, 1.82) is 0 Å². The summed E-state index contributed by atoms with van der Waals surface area (Å²) >= 11 is 1.91. The first-order valence-corrected chi connectivity index (χ1v) is 29.4. The van der Waals surface area contributed by atoms with Gasteiger partial charge in [0.15, 0.2) is 25.0 Å². The zero-order chi connectivity index (χ0) is 38.6. The van der Waals surface area contributed by atoms with E-state index in [1.165, 1.54) is 22.1 Å². The Labute approximate surface area is 320 Å². The molecule has 0 unspecified atom stereocenters. The van der Waals surface area contributed by atoms with Crippen LogP contribution in [0.4, 0.5) is 0 Å². The molecule has 51 heavy (non-hydrogen) atoms. The number of carbonyl (C=O) groups is 1. The van der Waals surface area contributed by atoms with E-state index in [1.807, 2.05) is 11.3 Å². The highest BCUT2D eigenvalue weighted by Gasteiger charge is 2.51. The molecule has 0 bridgehead atoms. The molecule has 1 fully saturated rings. The largest absolute Gasteiger partial charge is 0.469 e. The Hall–Kier alpha value is -0.819. The summed E-state index contributed by atoms with van der Waals surface area (Å²) in [6.45, 7) is 35.7. The molecule has 9 heteroatoms. The third-order valence-electron chi connectivity index (χ3n) is 13.1. The number of methoxy groups -OCH3 is 1. The van der Waals surface area contributed by atoms with Gasteiger partial charge in [-0.3, -0.25) is 4.79 Å². The zero-order valence-electron chi connectivity index (χ0n) is 35.6. The summed E-state index contributed by atoms with van der Waals surface area (Å²) in [6.07, 6.45) is 9.34. The summed E-state index contributed by atoms with van der Waals surface area (Å²) in [6, 6.07) is 11.2. The van der Waals surface area contributed by atoms with Crippen molar-refractivity contribution in [1.82, 2.24) is 0 Å². The summed E-state index contributed by atoms with van der Waals surface area (Å²) in [5, 5.41) is 1.72. The molecule has 0 N–H and O–H groups in total. The molecule has 0 saturated heterocycles. The molecular formula is C42H76O5SSi3. The Balaban J connectivity index is 2.00. The van der Waals surface area contributed by atoms with E-state index in [2.05, 4.69) is 132 Å². The predicted octanol–water partition coefficient (Wildman–Crippen LogP) is 13.7. The van der Waals surface area contributed by atoms with Gasteiger partial charge in [-0.05, 0) is 116 Å². The van der Waals surface area contributed by atoms with Gasteiger partial charge in [0.2, 0.25) is 0 Å². The lowest BCUT2D eigenvalue weighted by molar-refractivity contribution is -0.140. The van der Waals surface area contributed by atoms with Crippen molar-refractivity contribution in [2.24, 2.45) is 11.8 Å². The predicted molar refractivity (Wildman–Crippen MR) is 228 cm³/mol. The number of fused-ring (bicyclic) bond motifs is 1. The molecule has 3 rings (SSSR count). The van der Waals surface area contributed by atoms with Gasteiger partial charge >= 0.3 is 5.97 Å². The highest BCUT2D eigenvalue weighted by molar-refractivity contribution is 7.19. The first-order valence-electron chi connectivity index (χ1n) is 19.9. The van der Waals surface area contributed by atoms with Gasteiger partial charge < -0.3 is 18.0 Å². The quantitative estimate of drug-likeness (QED) is 0.0910. The third kappa shape index (κ3) is 11.8. The van der Waals surface area contributed by atoms with Crippen molar-refractivity contribution < 1.29 is 22.8 Å². The highest BCUT2D eigenvalue weighted by atomic mass is 32.1. The molecule has 1 aromatic heterocycles. The number of rotatable bonds is 17. The Morgan fingerprint density at radius 3 is 1.76 bits per heavy atom. The third-order valence-corrected chi connectivity index (χ3v) is 27.8. The Morgan fingerprint density at radius 2 is 1.25 bits per heavy atom. The van der Waals surface area contributed by atoms with Gasteiger partial charge in [-0.15, -0.1) is 11.3 Å². The summed E-state index contributed by atoms with van der Waals surface area (Å²) in [5.74, 6) is 0.738. The van der Waals surface area contributed by atoms with Gasteiger partial charge in [-0.2, -0.15) is 0 Å². The van der Waals surface area contributed by atoms with Crippen molar-refractivity contribution >= 4 is 52.3 Å². The van der Waals surface area contributed by atoms with Crippen LogP contribution in [0.15, 0.2) is 30.3 Å². The lowest BCUT2D eigenvalue weighted by Crippen LogP contribution is -2.45. The van der Waals surface area contributed by atoms with E-state index >= 15 is 0 Å². The second kappa shape index (κ2) is 17.3. The molecule has 5 atom stereocenters. The number of ether oxygens (including phenoxy) is 1. The van der Waals surface area contributed by atoms with Crippen LogP contribution in [0.3, 0.4) is 0 Å². The van der Waals surface area contributed by atoms with Crippen LogP contribution in [0.25, 0.3) is 10.1 Å². The van der Waals surface area contributed by atoms with Crippen LogP contribution >= 0.6 is 11.3 Å². The minimum absolute atomic E-state index is 0.0659. The normalized spacial score (nSPS) is 21.7. The monoisotopic (exact) mass is 776 g/mol. The van der Waals surface area contributed by atoms with E-state index in [0.717, 1.165) is 51.4 Å². The Bertz CT molecular complexity index is 1360. The average molecular weight is 777 g/mol. The minimum atomic E-state index is -2.05. The number of esters is 1. The molecule has 0 radical (unpaired) electrons. The van der Waals surface area contributed by atoms with Crippen LogP contribution in [0.2, 0.25) is 54.4 Å². The molecular weight excluding hydrogens is 701 g/mol. The van der Waals surface area contributed by atoms with E-state index in [0.29, 0.717) is 18.3 Å². The molecule has 0 amide bonds. The first kappa shape index (κ1) is 44.6. The van der Waals surface area contributed by atoms with Crippen molar-refractivity contribution in [2.75, 3.05) is 7.11 Å². The zero-order valence-corrected chi connectivity index (χ0v) is 39.4. The van der Waals surface area contributed by atoms with E-state index < -0.39 is 25.0 Å². The van der Waals surface area contributed by atoms with Gasteiger partial charge in [0.1, 0.15) is 0 Å². The lowest BCUT2D eigenvalue weighted by atomic mass is 9.84. The van der Waals surface area contributed by atoms with E-state index in [-0.39, 0.29) is 39.4 Å². The SMILES string of the molecule is COC(=O)CCCCCC[C@@H]1[C@@H](CC[C@@H](O[Si](C)(C)C(C)(C)C)c2cc3ccccc3s2)[C@H](O[Si](C)(C)C(C)(C)C)C[C@@H]1O[Si](C)(C)C(C)(C)C. The Kier molecular flexibility index (Phi) is 15.1. The van der Waals surface area contributed by atoms with Crippen LogP contribution in [0, 0.1) is 11.8 Å². The van der Waals surface area contributed by atoms with E-state index in [1.54, 1.807) is 0 Å². The number of hydrogen-bond donors (Lipinski definition) is 0. The topological polar surface area (TPSA) is 54.0 Å². The number of carbonyl (C=O) groups excluding carboxylic acids is 1. The highest BCUT2D eigenvalue weighted by Crippen LogP contribution is 2.51. The van der Waals surface area contributed by atoms with Crippen molar-refractivity contribution in [2.45, 2.75) is 193 Å². The summed E-state index contributed by atoms with van der Waals surface area (Å²) in [5.41, 5.74) is 0. The summed E-state index contributed by atoms with van der Waals surface area (Å²) in [4.78, 5) is 13.1. The van der Waals surface area contributed by atoms with Crippen molar-refractivity contribution in [3.8, 4) is 0 Å². The van der Waals surface area contributed by atoms with Crippen LogP contribution in [-0.2, 0) is 22.8 Å². The van der Waals surface area contributed by atoms with Crippen LogP contribution in [0.5, 0.6) is 0 Å². The lowest BCUT2D eigenvalue weighted by Gasteiger charge is -2.41. The van der Waals surface area contributed by atoms with Crippen molar-refractivity contribution in [3.63, 3.8) is 0 Å². The van der Waals surface area contributed by atoms with Gasteiger partial charge in [0, 0.05) is 16.0 Å². The van der Waals surface area contributed by atoms with Gasteiger partial charge in [-0.1, -0.05) is 99.8 Å². The van der Waals surface area contributed by atoms with Crippen LogP contribution in [-0.4, -0.2) is 50.2 Å². The molecule has 1 aliphatic rings. The fourth-order valence-corrected chi connectivity index (χ4v) is 12.0. The van der Waals surface area contributed by atoms with Crippen molar-refractivity contribution in [3.05, 3.63) is 35.2 Å². The van der Waals surface area contributed by atoms with Gasteiger partial charge in [-0.25, -0.2) is 0 Å². The number of hydrogen-bond acceptors (Lipinski definition) is 6. The van der Waals surface area contributed by atoms with Gasteiger partial charge in [0.25, 0.3) is 0 Å². The number of unbranched alkanes of at least 4 members (excludes halogenated alkanes) is 3. The molecule has 0 spiro atoms. The maximum atomic E-state index is 11.7. The van der Waals surface area contributed by atoms with E-state index in [4.69, 9.17) is 18.0 Å². The maximum Gasteiger partial charge on any atom is 0.305 e. The van der Waals surface area contributed by atoms with Gasteiger partial charge in [0.05, 0.1) is 25.4 Å². The average Bonchev–Trinajstić information content (AvgIpc) is 3.55. The second-order valence-electron chi connectivity index (χ2n) is 20.1. The fourth-order valence-electron chi connectivity index (χ4n) is 6.71. The number of thiophene rings is 1. The molecule has 1 saturated carbocycles. The fraction of sp³-hybridized carbons (Fsp3) is 0.786. The summed E-state index contributed by atoms with van der Waals surface area (Å²) < 4.78 is 28.5.